The lowest BCUT2D eigenvalue weighted by atomic mass is 9.84. The van der Waals surface area contributed by atoms with E-state index in [-0.39, 0.29) is 6.04 Å². The summed E-state index contributed by atoms with van der Waals surface area (Å²) in [4.78, 5) is 0. The fraction of sp³-hybridized carbons (Fsp3) is 0.294. The summed E-state index contributed by atoms with van der Waals surface area (Å²) in [6, 6.07) is 15.3. The molecule has 0 N–H and O–H groups in total. The first-order chi connectivity index (χ1) is 9.09. The van der Waals surface area contributed by atoms with Crippen LogP contribution in [0.5, 0.6) is 0 Å². The maximum atomic E-state index is 6.62. The van der Waals surface area contributed by atoms with E-state index < -0.39 is 0 Å². The topological polar surface area (TPSA) is 3.24 Å². The molecule has 2 aromatic carbocycles. The van der Waals surface area contributed by atoms with Crippen molar-refractivity contribution < 1.29 is 0 Å². The molecule has 0 radical (unpaired) electrons. The molecule has 1 atom stereocenters. The quantitative estimate of drug-likeness (QED) is 0.634. The number of halogens is 1. The van der Waals surface area contributed by atoms with Gasteiger partial charge in [0.1, 0.15) is 0 Å². The maximum absolute atomic E-state index is 6.62. The second-order valence-corrected chi connectivity index (χ2v) is 5.97. The zero-order chi connectivity index (χ0) is 13.6. The summed E-state index contributed by atoms with van der Waals surface area (Å²) < 4.78 is 1.90. The zero-order valence-electron chi connectivity index (χ0n) is 11.5. The van der Waals surface area contributed by atoms with Crippen molar-refractivity contribution in [3.63, 3.8) is 0 Å². The van der Waals surface area contributed by atoms with Gasteiger partial charge in [-0.05, 0) is 30.0 Å². The zero-order valence-corrected chi connectivity index (χ0v) is 12.3. The summed E-state index contributed by atoms with van der Waals surface area (Å²) in [6.07, 6.45) is 0. The van der Waals surface area contributed by atoms with Crippen molar-refractivity contribution in [2.45, 2.75) is 26.8 Å². The van der Waals surface area contributed by atoms with E-state index in [1.54, 1.807) is 0 Å². The monoisotopic (exact) mass is 271 g/mol. The molecule has 1 unspecified atom stereocenters. The van der Waals surface area contributed by atoms with Gasteiger partial charge in [-0.1, -0.05) is 55.8 Å². The standard InChI is InChI=1S/C17H18ClN/c1-11(2)17-15-10-12(3)8-9-13(15)14-6-4-5-7-16(14)19(17)18/h4-11,17H,1-3H3. The van der Waals surface area contributed by atoms with Crippen molar-refractivity contribution in [2.24, 2.45) is 5.92 Å². The number of nitrogens with zero attached hydrogens (tertiary/aromatic N) is 1. The highest BCUT2D eigenvalue weighted by atomic mass is 35.5. The van der Waals surface area contributed by atoms with E-state index in [1.165, 1.54) is 22.3 Å². The van der Waals surface area contributed by atoms with Crippen molar-refractivity contribution in [3.05, 3.63) is 53.6 Å². The Balaban J connectivity index is 2.29. The van der Waals surface area contributed by atoms with Crippen molar-refractivity contribution >= 4 is 17.5 Å². The van der Waals surface area contributed by atoms with Gasteiger partial charge >= 0.3 is 0 Å². The Kier molecular flexibility index (Phi) is 3.02. The summed E-state index contributed by atoms with van der Waals surface area (Å²) in [6.45, 7) is 6.58. The molecule has 98 valence electrons. The lowest BCUT2D eigenvalue weighted by Gasteiger charge is -2.37. The predicted molar refractivity (Wildman–Crippen MR) is 82.5 cm³/mol. The maximum Gasteiger partial charge on any atom is 0.0738 e. The largest absolute Gasteiger partial charge is 0.277 e. The van der Waals surface area contributed by atoms with Crippen LogP contribution in [0.15, 0.2) is 42.5 Å². The van der Waals surface area contributed by atoms with Gasteiger partial charge in [0.15, 0.2) is 0 Å². The summed E-state index contributed by atoms with van der Waals surface area (Å²) in [7, 11) is 0. The average molecular weight is 272 g/mol. The first-order valence-electron chi connectivity index (χ1n) is 6.74. The fourth-order valence-electron chi connectivity index (χ4n) is 2.95. The van der Waals surface area contributed by atoms with E-state index in [9.17, 15) is 0 Å². The van der Waals surface area contributed by atoms with Crippen LogP contribution < -0.4 is 4.42 Å². The van der Waals surface area contributed by atoms with Crippen LogP contribution in [0.1, 0.15) is 31.0 Å². The summed E-state index contributed by atoms with van der Waals surface area (Å²) in [5.74, 6) is 0.464. The molecule has 2 aromatic rings. The minimum Gasteiger partial charge on any atom is -0.277 e. The van der Waals surface area contributed by atoms with Crippen molar-refractivity contribution in [2.75, 3.05) is 4.42 Å². The number of fused-ring (bicyclic) bond motifs is 3. The molecule has 2 heteroatoms. The fourth-order valence-corrected chi connectivity index (χ4v) is 3.43. The number of hydrogen-bond donors (Lipinski definition) is 0. The Hall–Kier alpha value is -1.47. The molecule has 0 amide bonds. The number of anilines is 1. The third kappa shape index (κ3) is 1.93. The smallest absolute Gasteiger partial charge is 0.0738 e. The lowest BCUT2D eigenvalue weighted by molar-refractivity contribution is 0.516. The summed E-state index contributed by atoms with van der Waals surface area (Å²) >= 11 is 6.62. The molecule has 0 spiro atoms. The van der Waals surface area contributed by atoms with Gasteiger partial charge in [-0.15, -0.1) is 0 Å². The van der Waals surface area contributed by atoms with Gasteiger partial charge in [0, 0.05) is 17.3 Å². The molecular weight excluding hydrogens is 254 g/mol. The van der Waals surface area contributed by atoms with Gasteiger partial charge < -0.3 is 0 Å². The molecule has 0 fully saturated rings. The van der Waals surface area contributed by atoms with Crippen LogP contribution in [0.2, 0.25) is 0 Å². The van der Waals surface area contributed by atoms with Gasteiger partial charge in [0.25, 0.3) is 0 Å². The van der Waals surface area contributed by atoms with Crippen LogP contribution in [0, 0.1) is 12.8 Å². The van der Waals surface area contributed by atoms with E-state index in [0.29, 0.717) is 5.92 Å². The van der Waals surface area contributed by atoms with Gasteiger partial charge in [0.05, 0.1) is 11.7 Å². The molecule has 0 aliphatic carbocycles. The normalized spacial score (nSPS) is 17.3. The van der Waals surface area contributed by atoms with E-state index in [0.717, 1.165) is 5.69 Å². The molecule has 1 aliphatic rings. The molecule has 3 rings (SSSR count). The van der Waals surface area contributed by atoms with Gasteiger partial charge in [-0.25, -0.2) is 0 Å². The van der Waals surface area contributed by atoms with Crippen molar-refractivity contribution in [1.82, 2.24) is 0 Å². The second-order valence-electron chi connectivity index (χ2n) is 5.61. The van der Waals surface area contributed by atoms with Gasteiger partial charge in [-0.2, -0.15) is 0 Å². The highest BCUT2D eigenvalue weighted by molar-refractivity contribution is 6.27. The first-order valence-corrected chi connectivity index (χ1v) is 7.08. The van der Waals surface area contributed by atoms with Crippen LogP contribution in [0.3, 0.4) is 0 Å². The van der Waals surface area contributed by atoms with Crippen molar-refractivity contribution in [1.29, 1.82) is 0 Å². The van der Waals surface area contributed by atoms with E-state index in [4.69, 9.17) is 11.8 Å². The molecule has 0 aromatic heterocycles. The van der Waals surface area contributed by atoms with Crippen molar-refractivity contribution in [3.8, 4) is 11.1 Å². The van der Waals surface area contributed by atoms with Crippen LogP contribution in [0.25, 0.3) is 11.1 Å². The number of aryl methyl sites for hydroxylation is 1. The Morgan fingerprint density at radius 1 is 1.05 bits per heavy atom. The van der Waals surface area contributed by atoms with Gasteiger partial charge in [0.2, 0.25) is 0 Å². The van der Waals surface area contributed by atoms with Crippen LogP contribution in [0.4, 0.5) is 5.69 Å². The number of para-hydroxylation sites is 1. The van der Waals surface area contributed by atoms with Crippen LogP contribution in [-0.2, 0) is 0 Å². The molecule has 19 heavy (non-hydrogen) atoms. The lowest BCUT2D eigenvalue weighted by Crippen LogP contribution is -2.27. The minimum atomic E-state index is 0.228. The third-order valence-corrected chi connectivity index (χ3v) is 4.22. The molecule has 1 heterocycles. The van der Waals surface area contributed by atoms with Gasteiger partial charge in [-0.3, -0.25) is 4.42 Å². The number of rotatable bonds is 1. The molecule has 0 bridgehead atoms. The molecule has 0 saturated carbocycles. The van der Waals surface area contributed by atoms with E-state index in [2.05, 4.69) is 57.2 Å². The molecule has 1 aliphatic heterocycles. The molecule has 0 saturated heterocycles. The Bertz CT molecular complexity index is 618. The Morgan fingerprint density at radius 2 is 1.79 bits per heavy atom. The Labute approximate surface area is 119 Å². The highest BCUT2D eigenvalue weighted by Crippen LogP contribution is 2.48. The predicted octanol–water partition coefficient (Wildman–Crippen LogP) is 5.33. The number of hydrogen-bond acceptors (Lipinski definition) is 1. The van der Waals surface area contributed by atoms with Crippen LogP contribution in [-0.4, -0.2) is 0 Å². The third-order valence-electron chi connectivity index (χ3n) is 3.83. The second kappa shape index (κ2) is 4.57. The average Bonchev–Trinajstić information content (AvgIpc) is 2.38. The minimum absolute atomic E-state index is 0.228. The highest BCUT2D eigenvalue weighted by Gasteiger charge is 2.31. The summed E-state index contributed by atoms with van der Waals surface area (Å²) in [5, 5.41) is 0. The number of benzene rings is 2. The molecule has 1 nitrogen and oxygen atoms in total. The molecular formula is C17H18ClN. The summed E-state index contributed by atoms with van der Waals surface area (Å²) in [5.41, 5.74) is 6.28. The SMILES string of the molecule is Cc1ccc2c(c1)C(C(C)C)N(Cl)c1ccccc1-2. The first kappa shape index (κ1) is 12.6. The van der Waals surface area contributed by atoms with E-state index in [1.807, 2.05) is 10.5 Å². The van der Waals surface area contributed by atoms with E-state index >= 15 is 0 Å². The Morgan fingerprint density at radius 3 is 2.53 bits per heavy atom. The van der Waals surface area contributed by atoms with Crippen LogP contribution >= 0.6 is 11.8 Å².